The van der Waals surface area contributed by atoms with E-state index in [1.54, 1.807) is 19.6 Å². The number of ether oxygens (including phenoxy) is 1. The molecule has 0 aliphatic rings. The van der Waals surface area contributed by atoms with Crippen molar-refractivity contribution in [3.05, 3.63) is 47.7 Å². The Morgan fingerprint density at radius 3 is 2.94 bits per heavy atom. The fraction of sp³-hybridized carbons (Fsp3) is 0.250. The number of aromatic nitrogens is 1. The van der Waals surface area contributed by atoms with Gasteiger partial charge in [0.15, 0.2) is 0 Å². The molecule has 0 saturated carbocycles. The summed E-state index contributed by atoms with van der Waals surface area (Å²) in [5.74, 6) is 1.52. The lowest BCUT2D eigenvalue weighted by Gasteiger charge is -2.12. The van der Waals surface area contributed by atoms with Crippen LogP contribution in [-0.4, -0.2) is 12.1 Å². The second-order valence-corrected chi connectivity index (χ2v) is 3.56. The van der Waals surface area contributed by atoms with Gasteiger partial charge in [-0.3, -0.25) is 4.98 Å². The number of hydrogen-bond donors (Lipinski definition) is 1. The van der Waals surface area contributed by atoms with Gasteiger partial charge in [0.25, 0.3) is 0 Å². The number of methoxy groups -OCH3 is 1. The van der Waals surface area contributed by atoms with Crippen molar-refractivity contribution in [1.82, 2.24) is 4.98 Å². The summed E-state index contributed by atoms with van der Waals surface area (Å²) in [4.78, 5) is 4.24. The monoisotopic (exact) mass is 218 g/mol. The minimum atomic E-state index is -0.325. The molecule has 2 heterocycles. The van der Waals surface area contributed by atoms with E-state index >= 15 is 0 Å². The van der Waals surface area contributed by atoms with Crippen LogP contribution in [0.3, 0.4) is 0 Å². The Hall–Kier alpha value is -1.81. The van der Waals surface area contributed by atoms with Gasteiger partial charge >= 0.3 is 0 Å². The van der Waals surface area contributed by atoms with E-state index in [0.29, 0.717) is 11.4 Å². The lowest BCUT2D eigenvalue weighted by Crippen LogP contribution is -2.13. The van der Waals surface area contributed by atoms with Crippen LogP contribution in [-0.2, 0) is 0 Å². The fourth-order valence-corrected chi connectivity index (χ4v) is 1.59. The molecule has 0 aliphatic carbocycles. The van der Waals surface area contributed by atoms with Crippen LogP contribution in [0.2, 0.25) is 0 Å². The summed E-state index contributed by atoms with van der Waals surface area (Å²) in [6.07, 6.45) is 3.35. The topological polar surface area (TPSA) is 61.3 Å². The van der Waals surface area contributed by atoms with Crippen LogP contribution in [0, 0.1) is 6.92 Å². The van der Waals surface area contributed by atoms with Gasteiger partial charge < -0.3 is 14.9 Å². The quantitative estimate of drug-likeness (QED) is 0.856. The van der Waals surface area contributed by atoms with Crippen molar-refractivity contribution in [2.45, 2.75) is 13.0 Å². The number of rotatable bonds is 3. The van der Waals surface area contributed by atoms with Crippen LogP contribution < -0.4 is 10.5 Å². The molecule has 2 aromatic heterocycles. The Bertz CT molecular complexity index is 479. The minimum absolute atomic E-state index is 0.325. The molecule has 0 amide bonds. The zero-order valence-electron chi connectivity index (χ0n) is 9.31. The number of nitrogens with two attached hydrogens (primary N) is 1. The lowest BCUT2D eigenvalue weighted by molar-refractivity contribution is 0.404. The minimum Gasteiger partial charge on any atom is -0.495 e. The fourth-order valence-electron chi connectivity index (χ4n) is 1.59. The predicted molar refractivity (Wildman–Crippen MR) is 60.3 cm³/mol. The summed E-state index contributed by atoms with van der Waals surface area (Å²) in [6, 6.07) is 5.23. The van der Waals surface area contributed by atoms with E-state index in [0.717, 1.165) is 11.3 Å². The van der Waals surface area contributed by atoms with Crippen molar-refractivity contribution in [3.63, 3.8) is 0 Å². The summed E-state index contributed by atoms with van der Waals surface area (Å²) in [5, 5.41) is 0. The second kappa shape index (κ2) is 4.37. The van der Waals surface area contributed by atoms with Crippen molar-refractivity contribution < 1.29 is 9.15 Å². The highest BCUT2D eigenvalue weighted by molar-refractivity contribution is 5.35. The standard InChI is InChI=1S/C12H14N2O2/c1-8-6-9(7-16-8)11(13)12-10(15-2)4-3-5-14-12/h3-7,11H,13H2,1-2H3. The van der Waals surface area contributed by atoms with Gasteiger partial charge in [-0.15, -0.1) is 0 Å². The Morgan fingerprint density at radius 1 is 1.50 bits per heavy atom. The van der Waals surface area contributed by atoms with E-state index < -0.39 is 0 Å². The maximum atomic E-state index is 6.10. The molecule has 16 heavy (non-hydrogen) atoms. The van der Waals surface area contributed by atoms with Crippen LogP contribution in [0.4, 0.5) is 0 Å². The van der Waals surface area contributed by atoms with E-state index in [1.165, 1.54) is 0 Å². The van der Waals surface area contributed by atoms with E-state index in [1.807, 2.05) is 25.1 Å². The van der Waals surface area contributed by atoms with Gasteiger partial charge in [0, 0.05) is 11.8 Å². The zero-order chi connectivity index (χ0) is 11.5. The molecule has 2 aromatic rings. The number of hydrogen-bond acceptors (Lipinski definition) is 4. The van der Waals surface area contributed by atoms with Crippen LogP contribution in [0.25, 0.3) is 0 Å². The number of pyridine rings is 1. The van der Waals surface area contributed by atoms with Crippen molar-refractivity contribution in [3.8, 4) is 5.75 Å². The molecule has 1 unspecified atom stereocenters. The molecule has 4 heteroatoms. The van der Waals surface area contributed by atoms with E-state index in [2.05, 4.69) is 4.98 Å². The van der Waals surface area contributed by atoms with Crippen LogP contribution >= 0.6 is 0 Å². The number of aryl methyl sites for hydroxylation is 1. The number of nitrogens with zero attached hydrogens (tertiary/aromatic N) is 1. The smallest absolute Gasteiger partial charge is 0.142 e. The Morgan fingerprint density at radius 2 is 2.31 bits per heavy atom. The molecule has 0 bridgehead atoms. The molecule has 4 nitrogen and oxygen atoms in total. The van der Waals surface area contributed by atoms with Crippen LogP contribution in [0.15, 0.2) is 35.1 Å². The van der Waals surface area contributed by atoms with Gasteiger partial charge in [-0.1, -0.05) is 0 Å². The Balaban J connectivity index is 2.36. The third-order valence-electron chi connectivity index (χ3n) is 2.42. The van der Waals surface area contributed by atoms with Gasteiger partial charge in [-0.2, -0.15) is 0 Å². The maximum absolute atomic E-state index is 6.10. The molecule has 2 N–H and O–H groups in total. The Labute approximate surface area is 94.1 Å². The third-order valence-corrected chi connectivity index (χ3v) is 2.42. The summed E-state index contributed by atoms with van der Waals surface area (Å²) in [6.45, 7) is 1.88. The molecular formula is C12H14N2O2. The van der Waals surface area contributed by atoms with Crippen molar-refractivity contribution >= 4 is 0 Å². The first-order chi connectivity index (χ1) is 7.72. The molecular weight excluding hydrogens is 204 g/mol. The van der Waals surface area contributed by atoms with Crippen molar-refractivity contribution in [2.75, 3.05) is 7.11 Å². The first kappa shape index (κ1) is 10.7. The van der Waals surface area contributed by atoms with E-state index in [-0.39, 0.29) is 6.04 Å². The second-order valence-electron chi connectivity index (χ2n) is 3.56. The normalized spacial score (nSPS) is 12.4. The molecule has 1 atom stereocenters. The van der Waals surface area contributed by atoms with Gasteiger partial charge in [-0.25, -0.2) is 0 Å². The molecule has 0 aliphatic heterocycles. The average molecular weight is 218 g/mol. The molecule has 0 radical (unpaired) electrons. The van der Waals surface area contributed by atoms with E-state index in [4.69, 9.17) is 14.9 Å². The first-order valence-corrected chi connectivity index (χ1v) is 5.02. The van der Waals surface area contributed by atoms with E-state index in [9.17, 15) is 0 Å². The molecule has 0 aromatic carbocycles. The number of furan rings is 1. The van der Waals surface area contributed by atoms with Crippen molar-refractivity contribution in [1.29, 1.82) is 0 Å². The Kier molecular flexibility index (Phi) is 2.92. The zero-order valence-corrected chi connectivity index (χ0v) is 9.31. The summed E-state index contributed by atoms with van der Waals surface area (Å²) in [5.41, 5.74) is 7.71. The predicted octanol–water partition coefficient (Wildman–Crippen LogP) is 2.04. The lowest BCUT2D eigenvalue weighted by atomic mass is 10.1. The largest absolute Gasteiger partial charge is 0.495 e. The molecule has 84 valence electrons. The highest BCUT2D eigenvalue weighted by Crippen LogP contribution is 2.26. The van der Waals surface area contributed by atoms with Crippen molar-refractivity contribution in [2.24, 2.45) is 5.73 Å². The average Bonchev–Trinajstić information content (AvgIpc) is 2.75. The molecule has 2 rings (SSSR count). The summed E-state index contributed by atoms with van der Waals surface area (Å²) >= 11 is 0. The van der Waals surface area contributed by atoms with Gasteiger partial charge in [0.2, 0.25) is 0 Å². The highest BCUT2D eigenvalue weighted by atomic mass is 16.5. The summed E-state index contributed by atoms with van der Waals surface area (Å²) < 4.78 is 10.5. The first-order valence-electron chi connectivity index (χ1n) is 5.02. The van der Waals surface area contributed by atoms with Gasteiger partial charge in [-0.05, 0) is 25.1 Å². The van der Waals surface area contributed by atoms with Crippen LogP contribution in [0.5, 0.6) is 5.75 Å². The third kappa shape index (κ3) is 1.92. The highest BCUT2D eigenvalue weighted by Gasteiger charge is 2.16. The molecule has 0 saturated heterocycles. The van der Waals surface area contributed by atoms with Crippen LogP contribution in [0.1, 0.15) is 23.1 Å². The van der Waals surface area contributed by atoms with Gasteiger partial charge in [0.1, 0.15) is 17.2 Å². The maximum Gasteiger partial charge on any atom is 0.142 e. The summed E-state index contributed by atoms with van der Waals surface area (Å²) in [7, 11) is 1.61. The SMILES string of the molecule is COc1cccnc1C(N)c1coc(C)c1. The molecule has 0 spiro atoms. The van der Waals surface area contributed by atoms with Gasteiger partial charge in [0.05, 0.1) is 19.4 Å². The molecule has 0 fully saturated rings.